The molecule has 0 saturated carbocycles. The van der Waals surface area contributed by atoms with E-state index in [9.17, 15) is 4.79 Å². The maximum atomic E-state index is 12.7. The summed E-state index contributed by atoms with van der Waals surface area (Å²) in [6.07, 6.45) is 3.07. The van der Waals surface area contributed by atoms with E-state index in [4.69, 9.17) is 11.6 Å². The highest BCUT2D eigenvalue weighted by Crippen LogP contribution is 2.24. The van der Waals surface area contributed by atoms with Gasteiger partial charge in [0.25, 0.3) is 5.91 Å². The van der Waals surface area contributed by atoms with E-state index in [1.165, 1.54) is 5.56 Å². The van der Waals surface area contributed by atoms with Crippen LogP contribution >= 0.6 is 11.6 Å². The second-order valence-corrected chi connectivity index (χ2v) is 5.93. The zero-order chi connectivity index (χ0) is 14.7. The number of likely N-dealkylation sites (tertiary alicyclic amines) is 1. The molecule has 0 aromatic heterocycles. The van der Waals surface area contributed by atoms with Crippen LogP contribution in [0.25, 0.3) is 0 Å². The first-order chi connectivity index (χ1) is 10.2. The molecular weight excluding hydrogens is 282 g/mol. The normalized spacial score (nSPS) is 18.0. The lowest BCUT2D eigenvalue weighted by molar-refractivity contribution is 0.0736. The summed E-state index contributed by atoms with van der Waals surface area (Å²) in [6.45, 7) is 0.836. The monoisotopic (exact) mass is 299 g/mol. The van der Waals surface area contributed by atoms with E-state index in [-0.39, 0.29) is 5.91 Å². The van der Waals surface area contributed by atoms with Gasteiger partial charge in [-0.05, 0) is 43.0 Å². The Morgan fingerprint density at radius 2 is 1.95 bits per heavy atom. The third-order valence-electron chi connectivity index (χ3n) is 4.02. The molecule has 0 radical (unpaired) electrons. The zero-order valence-electron chi connectivity index (χ0n) is 11.8. The van der Waals surface area contributed by atoms with Crippen LogP contribution in [-0.2, 0) is 6.42 Å². The molecule has 1 heterocycles. The Kier molecular flexibility index (Phi) is 4.26. The first-order valence-corrected chi connectivity index (χ1v) is 7.72. The van der Waals surface area contributed by atoms with Crippen LogP contribution in [0.1, 0.15) is 28.8 Å². The van der Waals surface area contributed by atoms with Crippen molar-refractivity contribution in [2.24, 2.45) is 0 Å². The Labute approximate surface area is 130 Å². The number of amides is 1. The van der Waals surface area contributed by atoms with Crippen molar-refractivity contribution >= 4 is 17.5 Å². The summed E-state index contributed by atoms with van der Waals surface area (Å²) in [6, 6.07) is 17.9. The highest BCUT2D eigenvalue weighted by atomic mass is 35.5. The molecule has 0 spiro atoms. The van der Waals surface area contributed by atoms with E-state index in [0.717, 1.165) is 25.8 Å². The van der Waals surface area contributed by atoms with Crippen LogP contribution in [0, 0.1) is 0 Å². The number of hydrogen-bond donors (Lipinski definition) is 0. The number of carbonyl (C=O) groups is 1. The minimum atomic E-state index is 0.0935. The number of carbonyl (C=O) groups excluding carboxylic acids is 1. The van der Waals surface area contributed by atoms with Gasteiger partial charge < -0.3 is 4.90 Å². The summed E-state index contributed by atoms with van der Waals surface area (Å²) in [5.41, 5.74) is 1.97. The molecule has 1 fully saturated rings. The second kappa shape index (κ2) is 6.31. The third kappa shape index (κ3) is 3.27. The number of hydrogen-bond acceptors (Lipinski definition) is 1. The van der Waals surface area contributed by atoms with E-state index in [2.05, 4.69) is 12.1 Å². The van der Waals surface area contributed by atoms with Crippen molar-refractivity contribution in [1.82, 2.24) is 4.90 Å². The van der Waals surface area contributed by atoms with Gasteiger partial charge in [-0.15, -0.1) is 0 Å². The standard InChI is InChI=1S/C18H18ClNO/c19-16-9-4-8-15(13-16)18(21)20-11-5-10-17(20)12-14-6-2-1-3-7-14/h1-4,6-9,13,17H,5,10-12H2. The molecule has 2 aromatic rings. The molecule has 1 unspecified atom stereocenters. The fraction of sp³-hybridized carbons (Fsp3) is 0.278. The molecule has 1 atom stereocenters. The fourth-order valence-electron chi connectivity index (χ4n) is 2.99. The van der Waals surface area contributed by atoms with Gasteiger partial charge in [0.2, 0.25) is 0 Å². The van der Waals surface area contributed by atoms with Crippen LogP contribution in [-0.4, -0.2) is 23.4 Å². The molecule has 1 aliphatic rings. The molecule has 0 aliphatic carbocycles. The van der Waals surface area contributed by atoms with Gasteiger partial charge >= 0.3 is 0 Å². The molecule has 0 bridgehead atoms. The molecule has 1 aliphatic heterocycles. The lowest BCUT2D eigenvalue weighted by atomic mass is 10.0. The molecule has 108 valence electrons. The van der Waals surface area contributed by atoms with Crippen LogP contribution in [0.3, 0.4) is 0 Å². The molecule has 3 rings (SSSR count). The van der Waals surface area contributed by atoms with Crippen LogP contribution in [0.4, 0.5) is 0 Å². The van der Waals surface area contributed by atoms with E-state index in [0.29, 0.717) is 16.6 Å². The maximum Gasteiger partial charge on any atom is 0.254 e. The highest BCUT2D eigenvalue weighted by Gasteiger charge is 2.29. The summed E-state index contributed by atoms with van der Waals surface area (Å²) < 4.78 is 0. The van der Waals surface area contributed by atoms with Crippen molar-refractivity contribution in [2.45, 2.75) is 25.3 Å². The molecule has 2 nitrogen and oxygen atoms in total. The molecular formula is C18H18ClNO. The van der Waals surface area contributed by atoms with Gasteiger partial charge in [0.05, 0.1) is 0 Å². The van der Waals surface area contributed by atoms with E-state index in [1.807, 2.05) is 35.2 Å². The summed E-state index contributed by atoms with van der Waals surface area (Å²) in [4.78, 5) is 14.7. The molecule has 2 aromatic carbocycles. The highest BCUT2D eigenvalue weighted by molar-refractivity contribution is 6.30. The van der Waals surface area contributed by atoms with Gasteiger partial charge in [-0.1, -0.05) is 48.0 Å². The summed E-state index contributed by atoms with van der Waals surface area (Å²) in [7, 11) is 0. The van der Waals surface area contributed by atoms with Crippen molar-refractivity contribution in [3.63, 3.8) is 0 Å². The zero-order valence-corrected chi connectivity index (χ0v) is 12.6. The Morgan fingerprint density at radius 3 is 2.71 bits per heavy atom. The first kappa shape index (κ1) is 14.2. The number of halogens is 1. The third-order valence-corrected chi connectivity index (χ3v) is 4.26. The average molecular weight is 300 g/mol. The lowest BCUT2D eigenvalue weighted by Gasteiger charge is -2.25. The van der Waals surface area contributed by atoms with Crippen molar-refractivity contribution in [3.8, 4) is 0 Å². The molecule has 3 heteroatoms. The van der Waals surface area contributed by atoms with Gasteiger partial charge in [-0.3, -0.25) is 4.79 Å². The second-order valence-electron chi connectivity index (χ2n) is 5.49. The topological polar surface area (TPSA) is 20.3 Å². The molecule has 1 saturated heterocycles. The van der Waals surface area contributed by atoms with Crippen LogP contribution in [0.2, 0.25) is 5.02 Å². The summed E-state index contributed by atoms with van der Waals surface area (Å²) in [5, 5.41) is 0.611. The number of benzene rings is 2. The van der Waals surface area contributed by atoms with Crippen molar-refractivity contribution in [1.29, 1.82) is 0 Å². The Balaban J connectivity index is 1.76. The molecule has 1 amide bonds. The van der Waals surface area contributed by atoms with Crippen molar-refractivity contribution in [2.75, 3.05) is 6.54 Å². The van der Waals surface area contributed by atoms with Crippen LogP contribution < -0.4 is 0 Å². The van der Waals surface area contributed by atoms with Gasteiger partial charge in [-0.2, -0.15) is 0 Å². The minimum absolute atomic E-state index is 0.0935. The predicted octanol–water partition coefficient (Wildman–Crippen LogP) is 4.19. The predicted molar refractivity (Wildman–Crippen MR) is 85.7 cm³/mol. The Hall–Kier alpha value is -1.80. The van der Waals surface area contributed by atoms with E-state index in [1.54, 1.807) is 12.1 Å². The summed E-state index contributed by atoms with van der Waals surface area (Å²) >= 11 is 5.99. The van der Waals surface area contributed by atoms with Crippen molar-refractivity contribution < 1.29 is 4.79 Å². The molecule has 0 N–H and O–H groups in total. The van der Waals surface area contributed by atoms with Gasteiger partial charge in [0.1, 0.15) is 0 Å². The fourth-order valence-corrected chi connectivity index (χ4v) is 3.18. The van der Waals surface area contributed by atoms with E-state index >= 15 is 0 Å². The number of nitrogens with zero attached hydrogens (tertiary/aromatic N) is 1. The van der Waals surface area contributed by atoms with Crippen LogP contribution in [0.5, 0.6) is 0 Å². The first-order valence-electron chi connectivity index (χ1n) is 7.34. The SMILES string of the molecule is O=C(c1cccc(Cl)c1)N1CCCC1Cc1ccccc1. The Bertz CT molecular complexity index is 626. The van der Waals surface area contributed by atoms with Gasteiger partial charge in [-0.25, -0.2) is 0 Å². The quantitative estimate of drug-likeness (QED) is 0.832. The number of rotatable bonds is 3. The molecule has 21 heavy (non-hydrogen) atoms. The van der Waals surface area contributed by atoms with Crippen LogP contribution in [0.15, 0.2) is 54.6 Å². The van der Waals surface area contributed by atoms with Gasteiger partial charge in [0.15, 0.2) is 0 Å². The Morgan fingerprint density at radius 1 is 1.14 bits per heavy atom. The average Bonchev–Trinajstić information content (AvgIpc) is 2.95. The van der Waals surface area contributed by atoms with E-state index < -0.39 is 0 Å². The minimum Gasteiger partial charge on any atom is -0.335 e. The van der Waals surface area contributed by atoms with Crippen molar-refractivity contribution in [3.05, 3.63) is 70.7 Å². The lowest BCUT2D eigenvalue weighted by Crippen LogP contribution is -2.36. The summed E-state index contributed by atoms with van der Waals surface area (Å²) in [5.74, 6) is 0.0935. The largest absolute Gasteiger partial charge is 0.335 e. The van der Waals surface area contributed by atoms with Gasteiger partial charge in [0, 0.05) is 23.2 Å². The smallest absolute Gasteiger partial charge is 0.254 e. The maximum absolute atomic E-state index is 12.7.